The molecule has 4 N–H and O–H groups in total. The van der Waals surface area contributed by atoms with Crippen LogP contribution in [0.5, 0.6) is 5.75 Å². The number of carboxylic acid groups (broad SMARTS) is 1. The van der Waals surface area contributed by atoms with Crippen molar-refractivity contribution in [1.29, 1.82) is 0 Å². The normalized spacial score (nSPS) is 9.42. The fraction of sp³-hybridized carbons (Fsp3) is 0.167. The maximum Gasteiger partial charge on any atom is 0.339 e. The summed E-state index contributed by atoms with van der Waals surface area (Å²) in [5.41, 5.74) is 6.51. The highest BCUT2D eigenvalue weighted by molar-refractivity contribution is 6.32. The van der Waals surface area contributed by atoms with E-state index in [4.69, 9.17) is 27.2 Å². The first-order chi connectivity index (χ1) is 8.99. The molecule has 1 aromatic carbocycles. The molecule has 7 heteroatoms. The van der Waals surface area contributed by atoms with E-state index in [2.05, 4.69) is 9.97 Å². The van der Waals surface area contributed by atoms with Crippen LogP contribution in [0.2, 0.25) is 5.02 Å². The van der Waals surface area contributed by atoms with Gasteiger partial charge in [0.05, 0.1) is 19.1 Å². The first-order valence-electron chi connectivity index (χ1n) is 5.27. The van der Waals surface area contributed by atoms with Crippen molar-refractivity contribution < 1.29 is 14.6 Å². The van der Waals surface area contributed by atoms with Gasteiger partial charge in [-0.1, -0.05) is 11.6 Å². The Bertz CT molecular complexity index is 539. The van der Waals surface area contributed by atoms with Crippen LogP contribution in [-0.4, -0.2) is 28.2 Å². The zero-order valence-corrected chi connectivity index (χ0v) is 11.2. The van der Waals surface area contributed by atoms with Crippen LogP contribution in [0.1, 0.15) is 15.9 Å². The number of benzene rings is 1. The quantitative estimate of drug-likeness (QED) is 0.734. The number of nitrogens with two attached hydrogens (primary N) is 1. The van der Waals surface area contributed by atoms with E-state index >= 15 is 0 Å². The van der Waals surface area contributed by atoms with Gasteiger partial charge >= 0.3 is 5.97 Å². The topological polar surface area (TPSA) is 101 Å². The van der Waals surface area contributed by atoms with Crippen LogP contribution in [-0.2, 0) is 0 Å². The number of carboxylic acids is 1. The number of carbonyl (C=O) groups is 1. The number of aromatic amines is 1. The highest BCUT2D eigenvalue weighted by atomic mass is 35.5. The van der Waals surface area contributed by atoms with Gasteiger partial charge in [-0.3, -0.25) is 0 Å². The molecule has 0 saturated carbocycles. The number of nitrogens with one attached hydrogen (secondary N) is 1. The predicted octanol–water partition coefficient (Wildman–Crippen LogP) is 2.35. The number of halogens is 1. The van der Waals surface area contributed by atoms with Crippen molar-refractivity contribution in [3.63, 3.8) is 0 Å². The molecule has 0 radical (unpaired) electrons. The largest absolute Gasteiger partial charge is 0.494 e. The van der Waals surface area contributed by atoms with Crippen LogP contribution >= 0.6 is 11.6 Å². The molecule has 0 aliphatic rings. The standard InChI is InChI=1S/C9H10ClNO3.C3H4N2/c1-4-6(10)3-5(9(12)13)8(14-2)7(4)11;1-2-5-3-4-1/h3H,11H2,1-2H3,(H,12,13);1-3H,(H,4,5). The second kappa shape index (κ2) is 6.65. The van der Waals surface area contributed by atoms with Crippen LogP contribution in [0.25, 0.3) is 0 Å². The Balaban J connectivity index is 0.000000300. The molecular weight excluding hydrogens is 270 g/mol. The molecule has 0 bridgehead atoms. The number of H-pyrrole nitrogens is 1. The number of rotatable bonds is 2. The van der Waals surface area contributed by atoms with Crippen molar-refractivity contribution in [3.8, 4) is 5.75 Å². The summed E-state index contributed by atoms with van der Waals surface area (Å²) in [5.74, 6) is -0.963. The van der Waals surface area contributed by atoms with Gasteiger partial charge in [0.15, 0.2) is 5.75 Å². The van der Waals surface area contributed by atoms with Crippen molar-refractivity contribution in [2.75, 3.05) is 12.8 Å². The Labute approximate surface area is 115 Å². The average molecular weight is 284 g/mol. The van der Waals surface area contributed by atoms with Crippen LogP contribution in [0.3, 0.4) is 0 Å². The third kappa shape index (κ3) is 3.62. The van der Waals surface area contributed by atoms with Crippen molar-refractivity contribution in [2.24, 2.45) is 0 Å². The maximum absolute atomic E-state index is 10.8. The molecule has 0 unspecified atom stereocenters. The predicted molar refractivity (Wildman–Crippen MR) is 72.7 cm³/mol. The molecule has 0 saturated heterocycles. The average Bonchev–Trinajstić information content (AvgIpc) is 2.94. The first-order valence-corrected chi connectivity index (χ1v) is 5.65. The van der Waals surface area contributed by atoms with Crippen molar-refractivity contribution >= 4 is 23.3 Å². The van der Waals surface area contributed by atoms with Gasteiger partial charge in [-0.2, -0.15) is 0 Å². The minimum atomic E-state index is -1.12. The monoisotopic (exact) mass is 283 g/mol. The van der Waals surface area contributed by atoms with Gasteiger partial charge in [-0.15, -0.1) is 0 Å². The molecule has 0 amide bonds. The Morgan fingerprint density at radius 3 is 2.63 bits per heavy atom. The molecule has 102 valence electrons. The molecule has 2 aromatic rings. The number of ether oxygens (including phenoxy) is 1. The summed E-state index contributed by atoms with van der Waals surface area (Å²) in [7, 11) is 1.37. The fourth-order valence-corrected chi connectivity index (χ4v) is 1.55. The molecule has 2 rings (SSSR count). The van der Waals surface area contributed by atoms with Gasteiger partial charge in [-0.25, -0.2) is 9.78 Å². The molecule has 0 spiro atoms. The molecular formula is C12H14ClN3O3. The maximum atomic E-state index is 10.8. The van der Waals surface area contributed by atoms with E-state index in [9.17, 15) is 4.79 Å². The Kier molecular flexibility index (Phi) is 5.20. The molecule has 1 aromatic heterocycles. The van der Waals surface area contributed by atoms with Crippen molar-refractivity contribution in [1.82, 2.24) is 9.97 Å². The van der Waals surface area contributed by atoms with Crippen LogP contribution in [0.4, 0.5) is 5.69 Å². The van der Waals surface area contributed by atoms with Crippen LogP contribution in [0, 0.1) is 6.92 Å². The van der Waals surface area contributed by atoms with E-state index in [1.54, 1.807) is 25.6 Å². The van der Waals surface area contributed by atoms with E-state index in [0.717, 1.165) is 0 Å². The lowest BCUT2D eigenvalue weighted by Crippen LogP contribution is -2.05. The van der Waals surface area contributed by atoms with Crippen molar-refractivity contribution in [2.45, 2.75) is 6.92 Å². The summed E-state index contributed by atoms with van der Waals surface area (Å²) >= 11 is 5.79. The number of methoxy groups -OCH3 is 1. The molecule has 19 heavy (non-hydrogen) atoms. The summed E-state index contributed by atoms with van der Waals surface area (Å²) < 4.78 is 4.91. The second-order valence-electron chi connectivity index (χ2n) is 3.54. The van der Waals surface area contributed by atoms with E-state index in [0.29, 0.717) is 10.6 Å². The molecule has 0 atom stereocenters. The molecule has 0 aliphatic heterocycles. The number of imidazole rings is 1. The molecule has 1 heterocycles. The van der Waals surface area contributed by atoms with E-state index < -0.39 is 5.97 Å². The van der Waals surface area contributed by atoms with Gasteiger partial charge in [0.2, 0.25) is 0 Å². The van der Waals surface area contributed by atoms with E-state index in [1.807, 2.05) is 0 Å². The Morgan fingerprint density at radius 1 is 1.58 bits per heavy atom. The smallest absolute Gasteiger partial charge is 0.339 e. The Hall–Kier alpha value is -2.21. The van der Waals surface area contributed by atoms with Gasteiger partial charge in [0.25, 0.3) is 0 Å². The second-order valence-corrected chi connectivity index (χ2v) is 3.95. The first kappa shape index (κ1) is 14.8. The number of anilines is 1. The lowest BCUT2D eigenvalue weighted by molar-refractivity contribution is 0.0693. The minimum absolute atomic E-state index is 0.0272. The van der Waals surface area contributed by atoms with Gasteiger partial charge in [0, 0.05) is 17.4 Å². The zero-order chi connectivity index (χ0) is 14.4. The highest BCUT2D eigenvalue weighted by Gasteiger charge is 2.17. The summed E-state index contributed by atoms with van der Waals surface area (Å²) in [6.07, 6.45) is 5.08. The number of nitrogens with zero attached hydrogens (tertiary/aromatic N) is 1. The van der Waals surface area contributed by atoms with Crippen LogP contribution < -0.4 is 10.5 Å². The SMILES string of the molecule is COc1c(C(=O)O)cc(Cl)c(C)c1N.c1c[nH]cn1. The fourth-order valence-electron chi connectivity index (χ4n) is 1.34. The minimum Gasteiger partial charge on any atom is -0.494 e. The number of nitrogen functional groups attached to an aromatic ring is 1. The number of hydrogen-bond donors (Lipinski definition) is 3. The van der Waals surface area contributed by atoms with E-state index in [-0.39, 0.29) is 17.0 Å². The Morgan fingerprint density at radius 2 is 2.26 bits per heavy atom. The number of aromatic carboxylic acids is 1. The highest BCUT2D eigenvalue weighted by Crippen LogP contribution is 2.34. The summed E-state index contributed by atoms with van der Waals surface area (Å²) in [5, 5.41) is 9.16. The zero-order valence-electron chi connectivity index (χ0n) is 10.5. The lowest BCUT2D eigenvalue weighted by Gasteiger charge is -2.11. The molecule has 6 nitrogen and oxygen atoms in total. The number of aromatic nitrogens is 2. The van der Waals surface area contributed by atoms with Crippen molar-refractivity contribution in [3.05, 3.63) is 40.9 Å². The summed E-state index contributed by atoms with van der Waals surface area (Å²) in [4.78, 5) is 17.2. The summed E-state index contributed by atoms with van der Waals surface area (Å²) in [6, 6.07) is 1.33. The third-order valence-corrected chi connectivity index (χ3v) is 2.76. The van der Waals surface area contributed by atoms with Gasteiger partial charge < -0.3 is 20.6 Å². The van der Waals surface area contributed by atoms with Gasteiger partial charge in [-0.05, 0) is 18.6 Å². The van der Waals surface area contributed by atoms with Gasteiger partial charge in [0.1, 0.15) is 5.56 Å². The van der Waals surface area contributed by atoms with E-state index in [1.165, 1.54) is 13.2 Å². The third-order valence-electron chi connectivity index (χ3n) is 2.36. The lowest BCUT2D eigenvalue weighted by atomic mass is 10.1. The van der Waals surface area contributed by atoms with Crippen LogP contribution in [0.15, 0.2) is 24.8 Å². The summed E-state index contributed by atoms with van der Waals surface area (Å²) in [6.45, 7) is 1.70. The molecule has 0 fully saturated rings. The molecule has 0 aliphatic carbocycles. The number of hydrogen-bond acceptors (Lipinski definition) is 4.